The topological polar surface area (TPSA) is 98.2 Å². The van der Waals surface area contributed by atoms with Gasteiger partial charge in [-0.3, -0.25) is 9.69 Å². The van der Waals surface area contributed by atoms with Gasteiger partial charge in [-0.25, -0.2) is 4.68 Å². The molecule has 9 nitrogen and oxygen atoms in total. The van der Waals surface area contributed by atoms with Gasteiger partial charge in [0.2, 0.25) is 0 Å². The molecule has 1 saturated carbocycles. The van der Waals surface area contributed by atoms with Crippen LogP contribution in [0.2, 0.25) is 0 Å². The van der Waals surface area contributed by atoms with Crippen molar-refractivity contribution in [1.82, 2.24) is 30.1 Å². The fourth-order valence-corrected chi connectivity index (χ4v) is 5.76. The lowest BCUT2D eigenvalue weighted by molar-refractivity contribution is 0.0812. The number of aromatic amines is 1. The van der Waals surface area contributed by atoms with Crippen LogP contribution < -0.4 is 15.0 Å². The molecule has 0 spiro atoms. The Balaban J connectivity index is 1.49. The number of rotatable bonds is 11. The van der Waals surface area contributed by atoms with Crippen LogP contribution in [0.25, 0.3) is 10.9 Å². The predicted molar refractivity (Wildman–Crippen MR) is 151 cm³/mol. The maximum atomic E-state index is 13.3. The number of methoxy groups -OCH3 is 2. The maximum absolute atomic E-state index is 13.3. The molecule has 1 aliphatic rings. The zero-order valence-corrected chi connectivity index (χ0v) is 23.1. The number of H-pyrrole nitrogens is 1. The van der Waals surface area contributed by atoms with E-state index in [2.05, 4.69) is 32.3 Å². The second kappa shape index (κ2) is 12.4. The van der Waals surface area contributed by atoms with Gasteiger partial charge in [0.05, 0.1) is 32.3 Å². The molecule has 2 aromatic carbocycles. The quantitative estimate of drug-likeness (QED) is 0.283. The standard InChI is InChI=1S/C30H38N6O3/c1-4-8-28(29-32-33-34-36(29)19-21-11-14-25(38-2)15-12-21)35(24-9-6-5-7-10-24)20-23-17-22-13-16-26(39-3)18-27(22)31-30(23)37/h11-18,24,28H,4-10,19-20H2,1-3H3,(H,31,37). The SMILES string of the molecule is CCCC(c1nnnn1Cc1ccc(OC)cc1)N(Cc1cc2ccc(OC)cc2[nH]c1=O)C1CCCCC1. The van der Waals surface area contributed by atoms with E-state index < -0.39 is 0 Å². The Kier molecular flexibility index (Phi) is 8.56. The van der Waals surface area contributed by atoms with E-state index in [9.17, 15) is 4.79 Å². The summed E-state index contributed by atoms with van der Waals surface area (Å²) < 4.78 is 12.6. The number of tetrazole rings is 1. The second-order valence-electron chi connectivity index (χ2n) is 10.4. The lowest BCUT2D eigenvalue weighted by atomic mass is 9.91. The summed E-state index contributed by atoms with van der Waals surface area (Å²) in [6, 6.07) is 16.2. The van der Waals surface area contributed by atoms with Crippen LogP contribution in [0, 0.1) is 0 Å². The van der Waals surface area contributed by atoms with Gasteiger partial charge in [-0.1, -0.05) is 44.7 Å². The molecule has 1 N–H and O–H groups in total. The number of nitrogens with one attached hydrogen (secondary N) is 1. The van der Waals surface area contributed by atoms with Crippen LogP contribution in [0.4, 0.5) is 0 Å². The molecule has 2 aromatic heterocycles. The van der Waals surface area contributed by atoms with Gasteiger partial charge in [-0.2, -0.15) is 0 Å². The molecule has 5 rings (SSSR count). The summed E-state index contributed by atoms with van der Waals surface area (Å²) in [5.41, 5.74) is 2.57. The Hall–Kier alpha value is -3.72. The van der Waals surface area contributed by atoms with E-state index in [1.165, 1.54) is 19.3 Å². The van der Waals surface area contributed by atoms with Crippen LogP contribution >= 0.6 is 0 Å². The average Bonchev–Trinajstić information content (AvgIpc) is 3.43. The van der Waals surface area contributed by atoms with Gasteiger partial charge < -0.3 is 14.5 Å². The van der Waals surface area contributed by atoms with Crippen molar-refractivity contribution in [2.75, 3.05) is 14.2 Å². The number of fused-ring (bicyclic) bond motifs is 1. The molecule has 2 heterocycles. The van der Waals surface area contributed by atoms with Crippen LogP contribution in [0.3, 0.4) is 0 Å². The van der Waals surface area contributed by atoms with Crippen LogP contribution in [-0.4, -0.2) is 50.4 Å². The Morgan fingerprint density at radius 3 is 2.49 bits per heavy atom. The summed E-state index contributed by atoms with van der Waals surface area (Å²) in [5.74, 6) is 2.39. The summed E-state index contributed by atoms with van der Waals surface area (Å²) in [6.45, 7) is 3.31. The molecule has 1 aliphatic carbocycles. The molecule has 206 valence electrons. The van der Waals surface area contributed by atoms with Crippen molar-refractivity contribution in [2.24, 2.45) is 0 Å². The molecule has 1 unspecified atom stereocenters. The third kappa shape index (κ3) is 6.14. The lowest BCUT2D eigenvalue weighted by Crippen LogP contribution is -2.41. The van der Waals surface area contributed by atoms with E-state index in [4.69, 9.17) is 9.47 Å². The van der Waals surface area contributed by atoms with E-state index in [-0.39, 0.29) is 11.6 Å². The first-order valence-corrected chi connectivity index (χ1v) is 13.9. The second-order valence-corrected chi connectivity index (χ2v) is 10.4. The van der Waals surface area contributed by atoms with Crippen LogP contribution in [0.15, 0.2) is 53.3 Å². The van der Waals surface area contributed by atoms with Crippen molar-refractivity contribution < 1.29 is 9.47 Å². The van der Waals surface area contributed by atoms with Gasteiger partial charge in [-0.15, -0.1) is 5.10 Å². The molecular weight excluding hydrogens is 492 g/mol. The molecule has 0 amide bonds. The molecule has 4 aromatic rings. The highest BCUT2D eigenvalue weighted by Gasteiger charge is 2.32. The minimum Gasteiger partial charge on any atom is -0.497 e. The molecule has 1 fully saturated rings. The average molecular weight is 531 g/mol. The molecular formula is C30H38N6O3. The zero-order chi connectivity index (χ0) is 27.2. The van der Waals surface area contributed by atoms with Gasteiger partial charge in [0.25, 0.3) is 5.56 Å². The Bertz CT molecular complexity index is 1420. The number of ether oxygens (including phenoxy) is 2. The summed E-state index contributed by atoms with van der Waals surface area (Å²) in [7, 11) is 3.30. The van der Waals surface area contributed by atoms with E-state index in [1.807, 2.05) is 53.2 Å². The van der Waals surface area contributed by atoms with Crippen LogP contribution in [0.1, 0.15) is 74.9 Å². The highest BCUT2D eigenvalue weighted by molar-refractivity contribution is 5.80. The van der Waals surface area contributed by atoms with Crippen molar-refractivity contribution in [2.45, 2.75) is 77.0 Å². The molecule has 39 heavy (non-hydrogen) atoms. The summed E-state index contributed by atoms with van der Waals surface area (Å²) in [5, 5.41) is 14.0. The molecule has 0 aliphatic heterocycles. The van der Waals surface area contributed by atoms with E-state index in [0.29, 0.717) is 19.1 Å². The number of hydrogen-bond donors (Lipinski definition) is 1. The zero-order valence-electron chi connectivity index (χ0n) is 23.1. The first-order valence-electron chi connectivity index (χ1n) is 13.9. The number of aromatic nitrogens is 5. The van der Waals surface area contributed by atoms with E-state index in [1.54, 1.807) is 14.2 Å². The summed E-state index contributed by atoms with van der Waals surface area (Å²) >= 11 is 0. The monoisotopic (exact) mass is 530 g/mol. The first-order chi connectivity index (χ1) is 19.1. The van der Waals surface area contributed by atoms with Crippen LogP contribution in [0.5, 0.6) is 11.5 Å². The summed E-state index contributed by atoms with van der Waals surface area (Å²) in [6.07, 6.45) is 7.77. The fourth-order valence-electron chi connectivity index (χ4n) is 5.76. The fraction of sp³-hybridized carbons (Fsp3) is 0.467. The molecule has 0 saturated heterocycles. The van der Waals surface area contributed by atoms with Crippen molar-refractivity contribution >= 4 is 10.9 Å². The van der Waals surface area contributed by atoms with Gasteiger partial charge >= 0.3 is 0 Å². The number of benzene rings is 2. The first kappa shape index (κ1) is 26.9. The van der Waals surface area contributed by atoms with Crippen molar-refractivity contribution in [1.29, 1.82) is 0 Å². The van der Waals surface area contributed by atoms with Crippen molar-refractivity contribution in [3.8, 4) is 11.5 Å². The molecule has 9 heteroatoms. The van der Waals surface area contributed by atoms with Crippen molar-refractivity contribution in [3.05, 3.63) is 75.8 Å². The molecule has 0 bridgehead atoms. The third-order valence-corrected chi connectivity index (χ3v) is 7.84. The summed E-state index contributed by atoms with van der Waals surface area (Å²) in [4.78, 5) is 18.9. The minimum atomic E-state index is -0.0652. The third-order valence-electron chi connectivity index (χ3n) is 7.84. The highest BCUT2D eigenvalue weighted by atomic mass is 16.5. The number of pyridine rings is 1. The minimum absolute atomic E-state index is 0.00249. The van der Waals surface area contributed by atoms with Gasteiger partial charge in [-0.05, 0) is 71.0 Å². The molecule has 0 radical (unpaired) electrons. The maximum Gasteiger partial charge on any atom is 0.252 e. The normalized spacial score (nSPS) is 15.1. The predicted octanol–water partition coefficient (Wildman–Crippen LogP) is 5.26. The lowest BCUT2D eigenvalue weighted by Gasteiger charge is -2.39. The van der Waals surface area contributed by atoms with Crippen molar-refractivity contribution in [3.63, 3.8) is 0 Å². The Labute approximate surface area is 229 Å². The van der Waals surface area contributed by atoms with Crippen LogP contribution in [-0.2, 0) is 13.1 Å². The van der Waals surface area contributed by atoms with E-state index >= 15 is 0 Å². The van der Waals surface area contributed by atoms with E-state index in [0.717, 1.165) is 65.0 Å². The number of nitrogens with zero attached hydrogens (tertiary/aromatic N) is 5. The van der Waals surface area contributed by atoms with Gasteiger partial charge in [0, 0.05) is 24.2 Å². The van der Waals surface area contributed by atoms with Gasteiger partial charge in [0.15, 0.2) is 5.82 Å². The highest BCUT2D eigenvalue weighted by Crippen LogP contribution is 2.34. The largest absolute Gasteiger partial charge is 0.497 e. The smallest absolute Gasteiger partial charge is 0.252 e. The van der Waals surface area contributed by atoms with Gasteiger partial charge in [0.1, 0.15) is 11.5 Å². The number of hydrogen-bond acceptors (Lipinski definition) is 7. The Morgan fingerprint density at radius 2 is 1.77 bits per heavy atom. The Morgan fingerprint density at radius 1 is 1.03 bits per heavy atom. The molecule has 1 atom stereocenters.